The van der Waals surface area contributed by atoms with Gasteiger partial charge in [-0.2, -0.15) is 0 Å². The summed E-state index contributed by atoms with van der Waals surface area (Å²) in [5.74, 6) is 1.13. The highest BCUT2D eigenvalue weighted by Gasteiger charge is 2.32. The Morgan fingerprint density at radius 2 is 1.75 bits per heavy atom. The van der Waals surface area contributed by atoms with Crippen LogP contribution in [0, 0.1) is 0 Å². The molecule has 4 nitrogen and oxygen atoms in total. The molecule has 20 heavy (non-hydrogen) atoms. The molecule has 2 aromatic rings. The molecule has 2 rings (SSSR count). The minimum absolute atomic E-state index is 0.470. The number of ether oxygens (including phenoxy) is 1. The summed E-state index contributed by atoms with van der Waals surface area (Å²) in [5.41, 5.74) is 7.34. The van der Waals surface area contributed by atoms with E-state index in [4.69, 9.17) is 10.5 Å². The van der Waals surface area contributed by atoms with E-state index in [1.165, 1.54) is 0 Å². The first-order chi connectivity index (χ1) is 9.65. The summed E-state index contributed by atoms with van der Waals surface area (Å²) in [6.45, 7) is 4.14. The van der Waals surface area contributed by atoms with Crippen LogP contribution in [-0.2, 0) is 10.3 Å². The number of hydrogen-bond acceptors (Lipinski definition) is 4. The topological polar surface area (TPSA) is 61.0 Å². The van der Waals surface area contributed by atoms with Gasteiger partial charge in [0.15, 0.2) is 5.82 Å². The van der Waals surface area contributed by atoms with Gasteiger partial charge >= 0.3 is 0 Å². The van der Waals surface area contributed by atoms with Gasteiger partial charge in [0.25, 0.3) is 0 Å². The predicted molar refractivity (Wildman–Crippen MR) is 81.1 cm³/mol. The van der Waals surface area contributed by atoms with Crippen molar-refractivity contribution in [1.82, 2.24) is 9.97 Å². The van der Waals surface area contributed by atoms with Crippen molar-refractivity contribution in [2.45, 2.75) is 32.3 Å². The van der Waals surface area contributed by atoms with Crippen LogP contribution in [0.3, 0.4) is 0 Å². The number of benzene rings is 1. The summed E-state index contributed by atoms with van der Waals surface area (Å²) in [5, 5.41) is 0. The van der Waals surface area contributed by atoms with Crippen molar-refractivity contribution in [3.05, 3.63) is 42.2 Å². The molecule has 0 spiro atoms. The molecule has 0 aliphatic rings. The third kappa shape index (κ3) is 2.65. The van der Waals surface area contributed by atoms with E-state index in [1.54, 1.807) is 13.2 Å². The third-order valence-corrected chi connectivity index (χ3v) is 3.76. The van der Waals surface area contributed by atoms with Crippen LogP contribution in [0.1, 0.15) is 32.5 Å². The Bertz CT molecular complexity index is 557. The molecule has 0 radical (unpaired) electrons. The average Bonchev–Trinajstić information content (AvgIpc) is 2.50. The molecular weight excluding hydrogens is 250 g/mol. The molecule has 0 aliphatic carbocycles. The average molecular weight is 271 g/mol. The third-order valence-electron chi connectivity index (χ3n) is 3.76. The van der Waals surface area contributed by atoms with E-state index < -0.39 is 5.60 Å². The van der Waals surface area contributed by atoms with Gasteiger partial charge in [0.1, 0.15) is 11.4 Å². The van der Waals surface area contributed by atoms with Gasteiger partial charge in [-0.15, -0.1) is 0 Å². The second-order valence-electron chi connectivity index (χ2n) is 4.77. The fourth-order valence-corrected chi connectivity index (χ4v) is 2.37. The summed E-state index contributed by atoms with van der Waals surface area (Å²) >= 11 is 0. The SMILES string of the molecule is CCC(CC)(OC)c1nc(N)cc(-c2ccccc2)n1. The normalized spacial score (nSPS) is 11.6. The van der Waals surface area contributed by atoms with Gasteiger partial charge in [0, 0.05) is 18.7 Å². The van der Waals surface area contributed by atoms with Gasteiger partial charge in [0.05, 0.1) is 5.69 Å². The maximum atomic E-state index is 5.95. The lowest BCUT2D eigenvalue weighted by molar-refractivity contribution is -0.0289. The highest BCUT2D eigenvalue weighted by Crippen LogP contribution is 2.31. The highest BCUT2D eigenvalue weighted by molar-refractivity contribution is 5.61. The molecule has 1 aromatic carbocycles. The number of anilines is 1. The minimum Gasteiger partial charge on any atom is -0.384 e. The molecule has 2 N–H and O–H groups in total. The quantitative estimate of drug-likeness (QED) is 0.905. The number of nitrogen functional groups attached to an aromatic ring is 1. The van der Waals surface area contributed by atoms with Crippen molar-refractivity contribution < 1.29 is 4.74 Å². The molecule has 0 fully saturated rings. The Hall–Kier alpha value is -1.94. The molecule has 0 unspecified atom stereocenters. The summed E-state index contributed by atoms with van der Waals surface area (Å²) < 4.78 is 5.69. The lowest BCUT2D eigenvalue weighted by Gasteiger charge is -2.28. The smallest absolute Gasteiger partial charge is 0.163 e. The predicted octanol–water partition coefficient (Wildman–Crippen LogP) is 3.39. The van der Waals surface area contributed by atoms with E-state index in [2.05, 4.69) is 23.8 Å². The van der Waals surface area contributed by atoms with Crippen LogP contribution in [0.15, 0.2) is 36.4 Å². The first kappa shape index (κ1) is 14.5. The molecule has 4 heteroatoms. The molecule has 0 bridgehead atoms. The van der Waals surface area contributed by atoms with Crippen molar-refractivity contribution in [2.24, 2.45) is 0 Å². The lowest BCUT2D eigenvalue weighted by atomic mass is 9.95. The molecule has 0 aliphatic heterocycles. The van der Waals surface area contributed by atoms with Crippen LogP contribution in [0.5, 0.6) is 0 Å². The van der Waals surface area contributed by atoms with Gasteiger partial charge in [-0.25, -0.2) is 9.97 Å². The summed E-state index contributed by atoms with van der Waals surface area (Å²) in [6.07, 6.45) is 1.61. The van der Waals surface area contributed by atoms with E-state index in [1.807, 2.05) is 30.3 Å². The monoisotopic (exact) mass is 271 g/mol. The van der Waals surface area contributed by atoms with E-state index in [-0.39, 0.29) is 0 Å². The second-order valence-corrected chi connectivity index (χ2v) is 4.77. The Kier molecular flexibility index (Phi) is 4.35. The van der Waals surface area contributed by atoms with E-state index in [0.717, 1.165) is 24.1 Å². The molecular formula is C16H21N3O. The Morgan fingerprint density at radius 3 is 2.30 bits per heavy atom. The lowest BCUT2D eigenvalue weighted by Crippen LogP contribution is -2.30. The maximum Gasteiger partial charge on any atom is 0.163 e. The molecule has 0 saturated carbocycles. The molecule has 1 aromatic heterocycles. The van der Waals surface area contributed by atoms with E-state index in [0.29, 0.717) is 11.6 Å². The number of nitrogens with two attached hydrogens (primary N) is 1. The minimum atomic E-state index is -0.473. The van der Waals surface area contributed by atoms with Crippen LogP contribution < -0.4 is 5.73 Å². The number of hydrogen-bond donors (Lipinski definition) is 1. The summed E-state index contributed by atoms with van der Waals surface area (Å²) in [4.78, 5) is 9.06. The van der Waals surface area contributed by atoms with Crippen LogP contribution in [0.25, 0.3) is 11.3 Å². The standard InChI is InChI=1S/C16H21N3O/c1-4-16(5-2,20-3)15-18-13(11-14(17)19-15)12-9-7-6-8-10-12/h6-11H,4-5H2,1-3H3,(H2,17,18,19). The first-order valence-electron chi connectivity index (χ1n) is 6.90. The van der Waals surface area contributed by atoms with Crippen LogP contribution in [0.4, 0.5) is 5.82 Å². The zero-order chi connectivity index (χ0) is 14.6. The van der Waals surface area contributed by atoms with Gasteiger partial charge in [-0.3, -0.25) is 0 Å². The molecule has 106 valence electrons. The van der Waals surface area contributed by atoms with Gasteiger partial charge in [-0.1, -0.05) is 44.2 Å². The van der Waals surface area contributed by atoms with E-state index in [9.17, 15) is 0 Å². The van der Waals surface area contributed by atoms with Crippen molar-refractivity contribution in [3.8, 4) is 11.3 Å². The van der Waals surface area contributed by atoms with Gasteiger partial charge < -0.3 is 10.5 Å². The van der Waals surface area contributed by atoms with Crippen LogP contribution in [0.2, 0.25) is 0 Å². The number of nitrogens with zero attached hydrogens (tertiary/aromatic N) is 2. The molecule has 0 saturated heterocycles. The first-order valence-corrected chi connectivity index (χ1v) is 6.90. The second kappa shape index (κ2) is 6.01. The summed E-state index contributed by atoms with van der Waals surface area (Å²) in [6, 6.07) is 11.8. The fraction of sp³-hybridized carbons (Fsp3) is 0.375. The van der Waals surface area contributed by atoms with Crippen molar-refractivity contribution in [3.63, 3.8) is 0 Å². The maximum absolute atomic E-state index is 5.95. The number of rotatable bonds is 5. The van der Waals surface area contributed by atoms with Crippen molar-refractivity contribution >= 4 is 5.82 Å². The Morgan fingerprint density at radius 1 is 1.10 bits per heavy atom. The van der Waals surface area contributed by atoms with E-state index >= 15 is 0 Å². The molecule has 0 amide bonds. The number of aromatic nitrogens is 2. The van der Waals surface area contributed by atoms with Gasteiger partial charge in [-0.05, 0) is 12.8 Å². The van der Waals surface area contributed by atoms with Crippen molar-refractivity contribution in [1.29, 1.82) is 0 Å². The number of methoxy groups -OCH3 is 1. The Balaban J connectivity index is 2.54. The van der Waals surface area contributed by atoms with Crippen molar-refractivity contribution in [2.75, 3.05) is 12.8 Å². The van der Waals surface area contributed by atoms with Crippen LogP contribution in [-0.4, -0.2) is 17.1 Å². The Labute approximate surface area is 120 Å². The largest absolute Gasteiger partial charge is 0.384 e. The van der Waals surface area contributed by atoms with Crippen LogP contribution >= 0.6 is 0 Å². The zero-order valence-corrected chi connectivity index (χ0v) is 12.3. The van der Waals surface area contributed by atoms with Gasteiger partial charge in [0.2, 0.25) is 0 Å². The zero-order valence-electron chi connectivity index (χ0n) is 12.3. The summed E-state index contributed by atoms with van der Waals surface area (Å²) in [7, 11) is 1.70. The molecule has 0 atom stereocenters. The molecule has 1 heterocycles. The fourth-order valence-electron chi connectivity index (χ4n) is 2.37. The highest BCUT2D eigenvalue weighted by atomic mass is 16.5.